The van der Waals surface area contributed by atoms with E-state index in [1.54, 1.807) is 0 Å². The van der Waals surface area contributed by atoms with Gasteiger partial charge >= 0.3 is 12.1 Å². The minimum atomic E-state index is -1.13. The molecule has 1 atom stereocenters. The molecule has 0 aliphatic heterocycles. The Kier molecular flexibility index (Phi) is 8.63. The molecular formula is C20H28N2O5S. The van der Waals surface area contributed by atoms with Gasteiger partial charge in [-0.2, -0.15) is 11.8 Å². The molecule has 1 saturated carbocycles. The van der Waals surface area contributed by atoms with Crippen LogP contribution < -0.4 is 10.6 Å². The lowest BCUT2D eigenvalue weighted by Gasteiger charge is -2.36. The smallest absolute Gasteiger partial charge is 0.408 e. The highest BCUT2D eigenvalue weighted by Gasteiger charge is 2.42. The average molecular weight is 409 g/mol. The van der Waals surface area contributed by atoms with Gasteiger partial charge in [0.25, 0.3) is 0 Å². The number of alkyl carbamates (subject to hydrolysis) is 1. The van der Waals surface area contributed by atoms with E-state index >= 15 is 0 Å². The van der Waals surface area contributed by atoms with Crippen LogP contribution in [0.3, 0.4) is 0 Å². The molecule has 1 aromatic carbocycles. The van der Waals surface area contributed by atoms with Gasteiger partial charge in [0.15, 0.2) is 0 Å². The first-order valence-corrected chi connectivity index (χ1v) is 10.9. The fourth-order valence-electron chi connectivity index (χ4n) is 3.31. The molecule has 0 aromatic heterocycles. The number of ether oxygens (including phenoxy) is 1. The van der Waals surface area contributed by atoms with Crippen molar-refractivity contribution in [2.24, 2.45) is 0 Å². The summed E-state index contributed by atoms with van der Waals surface area (Å²) in [6, 6.07) is 8.31. The van der Waals surface area contributed by atoms with E-state index < -0.39 is 29.6 Å². The zero-order valence-electron chi connectivity index (χ0n) is 16.1. The Morgan fingerprint density at radius 3 is 2.46 bits per heavy atom. The van der Waals surface area contributed by atoms with Crippen molar-refractivity contribution in [3.05, 3.63) is 35.9 Å². The number of rotatable bonds is 9. The van der Waals surface area contributed by atoms with Gasteiger partial charge in [-0.05, 0) is 36.8 Å². The number of thioether (sulfide) groups is 1. The number of benzene rings is 1. The van der Waals surface area contributed by atoms with Crippen molar-refractivity contribution in [1.82, 2.24) is 10.6 Å². The Morgan fingerprint density at radius 1 is 1.18 bits per heavy atom. The van der Waals surface area contributed by atoms with Gasteiger partial charge in [0.2, 0.25) is 5.91 Å². The Hall–Kier alpha value is -2.22. The quantitative estimate of drug-likeness (QED) is 0.580. The lowest BCUT2D eigenvalue weighted by Crippen LogP contribution is -2.62. The van der Waals surface area contributed by atoms with Crippen LogP contribution in [0.1, 0.15) is 44.1 Å². The van der Waals surface area contributed by atoms with Crippen LogP contribution in [0.15, 0.2) is 30.3 Å². The summed E-state index contributed by atoms with van der Waals surface area (Å²) in [5.74, 6) is -0.894. The molecule has 0 radical (unpaired) electrons. The summed E-state index contributed by atoms with van der Waals surface area (Å²) >= 11 is 1.52. The van der Waals surface area contributed by atoms with E-state index in [-0.39, 0.29) is 6.61 Å². The number of carbonyl (C=O) groups is 3. The molecule has 0 saturated heterocycles. The summed E-state index contributed by atoms with van der Waals surface area (Å²) < 4.78 is 5.27. The predicted molar refractivity (Wildman–Crippen MR) is 108 cm³/mol. The molecule has 3 N–H and O–H groups in total. The average Bonchev–Trinajstić information content (AvgIpc) is 2.70. The lowest BCUT2D eigenvalue weighted by atomic mass is 9.80. The standard InChI is InChI=1S/C20H28N2O5S/c1-28-13-10-16(17(23)24)21-18(25)20(11-6-3-7-12-20)22-19(26)27-14-15-8-4-2-5-9-15/h2,4-5,8-9,16H,3,6-7,10-14H2,1H3,(H,21,25)(H,22,26)(H,23,24). The topological polar surface area (TPSA) is 105 Å². The van der Waals surface area contributed by atoms with Crippen LogP contribution in [-0.4, -0.2) is 46.7 Å². The number of nitrogens with one attached hydrogen (secondary N) is 2. The van der Waals surface area contributed by atoms with E-state index in [0.29, 0.717) is 25.0 Å². The van der Waals surface area contributed by atoms with Gasteiger partial charge in [0, 0.05) is 0 Å². The minimum Gasteiger partial charge on any atom is -0.480 e. The van der Waals surface area contributed by atoms with E-state index in [4.69, 9.17) is 4.74 Å². The van der Waals surface area contributed by atoms with Gasteiger partial charge in [-0.25, -0.2) is 9.59 Å². The zero-order chi connectivity index (χ0) is 20.4. The normalized spacial score (nSPS) is 16.6. The number of aliphatic carboxylic acids is 1. The van der Waals surface area contributed by atoms with Gasteiger partial charge in [0.1, 0.15) is 18.2 Å². The molecule has 154 valence electrons. The van der Waals surface area contributed by atoms with Crippen molar-refractivity contribution in [1.29, 1.82) is 0 Å². The third kappa shape index (κ3) is 6.44. The van der Waals surface area contributed by atoms with E-state index in [1.807, 2.05) is 36.6 Å². The van der Waals surface area contributed by atoms with Crippen LogP contribution >= 0.6 is 11.8 Å². The predicted octanol–water partition coefficient (Wildman–Crippen LogP) is 2.94. The summed E-state index contributed by atoms with van der Waals surface area (Å²) in [5.41, 5.74) is -0.276. The third-order valence-corrected chi connectivity index (χ3v) is 5.55. The number of amides is 2. The first-order chi connectivity index (χ1) is 13.5. The second-order valence-corrected chi connectivity index (χ2v) is 7.96. The molecule has 0 bridgehead atoms. The van der Waals surface area contributed by atoms with Gasteiger partial charge in [0.05, 0.1) is 0 Å². The van der Waals surface area contributed by atoms with Gasteiger partial charge in [-0.15, -0.1) is 0 Å². The van der Waals surface area contributed by atoms with Crippen molar-refractivity contribution in [3.8, 4) is 0 Å². The van der Waals surface area contributed by atoms with Crippen LogP contribution in [0.25, 0.3) is 0 Å². The second kappa shape index (κ2) is 10.9. The summed E-state index contributed by atoms with van der Waals surface area (Å²) in [6.45, 7) is 0.107. The first kappa shape index (κ1) is 22.1. The maximum absolute atomic E-state index is 13.0. The number of hydrogen-bond acceptors (Lipinski definition) is 5. The monoisotopic (exact) mass is 408 g/mol. The highest BCUT2D eigenvalue weighted by atomic mass is 32.2. The number of hydrogen-bond donors (Lipinski definition) is 3. The Labute approximate surface area is 169 Å². The maximum Gasteiger partial charge on any atom is 0.408 e. The molecule has 2 amide bonds. The lowest BCUT2D eigenvalue weighted by molar-refractivity contribution is -0.143. The molecule has 1 aromatic rings. The number of carboxylic acids is 1. The molecule has 0 heterocycles. The van der Waals surface area contributed by atoms with Crippen molar-refractivity contribution in [2.75, 3.05) is 12.0 Å². The molecule has 1 unspecified atom stereocenters. The summed E-state index contributed by atoms with van der Waals surface area (Å²) in [5, 5.41) is 14.7. The molecule has 28 heavy (non-hydrogen) atoms. The molecule has 1 aliphatic rings. The number of carboxylic acid groups (broad SMARTS) is 1. The van der Waals surface area contributed by atoms with Gasteiger partial charge < -0.3 is 20.5 Å². The molecule has 1 aliphatic carbocycles. The van der Waals surface area contributed by atoms with Gasteiger partial charge in [-0.3, -0.25) is 4.79 Å². The molecule has 0 spiro atoms. The zero-order valence-corrected chi connectivity index (χ0v) is 16.9. The van der Waals surface area contributed by atoms with Gasteiger partial charge in [-0.1, -0.05) is 49.6 Å². The van der Waals surface area contributed by atoms with Crippen LogP contribution in [-0.2, 0) is 20.9 Å². The van der Waals surface area contributed by atoms with Crippen LogP contribution in [0.2, 0.25) is 0 Å². The van der Waals surface area contributed by atoms with Crippen molar-refractivity contribution < 1.29 is 24.2 Å². The van der Waals surface area contributed by atoms with Crippen molar-refractivity contribution >= 4 is 29.7 Å². The first-order valence-electron chi connectivity index (χ1n) is 9.48. The molecular weight excluding hydrogens is 380 g/mol. The van der Waals surface area contributed by atoms with E-state index in [9.17, 15) is 19.5 Å². The van der Waals surface area contributed by atoms with E-state index in [0.717, 1.165) is 24.8 Å². The summed E-state index contributed by atoms with van der Waals surface area (Å²) in [6.07, 6.45) is 5.03. The Bertz CT molecular complexity index is 662. The highest BCUT2D eigenvalue weighted by Crippen LogP contribution is 2.29. The fraction of sp³-hybridized carbons (Fsp3) is 0.550. The summed E-state index contributed by atoms with van der Waals surface area (Å²) in [4.78, 5) is 36.8. The minimum absolute atomic E-state index is 0.107. The SMILES string of the molecule is CSCCC(NC(=O)C1(NC(=O)OCc2ccccc2)CCCCC1)C(=O)O. The molecule has 1 fully saturated rings. The third-order valence-electron chi connectivity index (χ3n) is 4.91. The van der Waals surface area contributed by atoms with E-state index in [1.165, 1.54) is 11.8 Å². The second-order valence-electron chi connectivity index (χ2n) is 6.98. The van der Waals surface area contributed by atoms with Crippen molar-refractivity contribution in [2.45, 2.75) is 56.7 Å². The molecule has 7 nitrogen and oxygen atoms in total. The fourth-order valence-corrected chi connectivity index (χ4v) is 3.78. The Balaban J connectivity index is 2.02. The van der Waals surface area contributed by atoms with E-state index in [2.05, 4.69) is 10.6 Å². The largest absolute Gasteiger partial charge is 0.480 e. The van der Waals surface area contributed by atoms with Crippen LogP contribution in [0.5, 0.6) is 0 Å². The number of carbonyl (C=O) groups excluding carboxylic acids is 2. The Morgan fingerprint density at radius 2 is 1.86 bits per heavy atom. The van der Waals surface area contributed by atoms with Crippen molar-refractivity contribution in [3.63, 3.8) is 0 Å². The van der Waals surface area contributed by atoms with Crippen LogP contribution in [0.4, 0.5) is 4.79 Å². The van der Waals surface area contributed by atoms with Crippen LogP contribution in [0, 0.1) is 0 Å². The molecule has 2 rings (SSSR count). The summed E-state index contributed by atoms with van der Waals surface area (Å²) in [7, 11) is 0. The highest BCUT2D eigenvalue weighted by molar-refractivity contribution is 7.98. The molecule has 8 heteroatoms. The maximum atomic E-state index is 13.0.